The van der Waals surface area contributed by atoms with Crippen LogP contribution < -0.4 is 5.32 Å². The molecule has 0 saturated heterocycles. The van der Waals surface area contributed by atoms with E-state index >= 15 is 0 Å². The Kier molecular flexibility index (Phi) is 4.95. The largest absolute Gasteiger partial charge is 0.481 e. The first-order valence-electron chi connectivity index (χ1n) is 5.26. The summed E-state index contributed by atoms with van der Waals surface area (Å²) < 4.78 is 0. The molecule has 0 spiro atoms. The van der Waals surface area contributed by atoms with E-state index in [4.69, 9.17) is 5.11 Å². The summed E-state index contributed by atoms with van der Waals surface area (Å²) in [5.41, 5.74) is 1.99. The van der Waals surface area contributed by atoms with Crippen LogP contribution in [-0.4, -0.2) is 29.3 Å². The van der Waals surface area contributed by atoms with Crippen LogP contribution in [0.2, 0.25) is 0 Å². The number of aliphatic carboxylic acids is 1. The molecule has 0 aliphatic heterocycles. The van der Waals surface area contributed by atoms with Gasteiger partial charge in [-0.25, -0.2) is 0 Å². The topological polar surface area (TPSA) is 69.6 Å². The Morgan fingerprint density at radius 3 is 2.56 bits per heavy atom. The molecule has 1 atom stereocenters. The molecule has 4 nitrogen and oxygen atoms in total. The van der Waals surface area contributed by atoms with Crippen LogP contribution in [0.5, 0.6) is 0 Å². The van der Waals surface area contributed by atoms with Gasteiger partial charge in [-0.3, -0.25) is 4.79 Å². The summed E-state index contributed by atoms with van der Waals surface area (Å²) >= 11 is 0. The highest BCUT2D eigenvalue weighted by Gasteiger charge is 2.06. The van der Waals surface area contributed by atoms with Crippen molar-refractivity contribution in [2.24, 2.45) is 0 Å². The van der Waals surface area contributed by atoms with Gasteiger partial charge in [0, 0.05) is 13.1 Å². The van der Waals surface area contributed by atoms with Gasteiger partial charge in [0.1, 0.15) is 0 Å². The zero-order valence-electron chi connectivity index (χ0n) is 9.31. The first-order chi connectivity index (χ1) is 7.59. The average molecular weight is 223 g/mol. The minimum Gasteiger partial charge on any atom is -0.481 e. The predicted molar refractivity (Wildman–Crippen MR) is 61.3 cm³/mol. The molecule has 0 bridgehead atoms. The number of hydrogen-bond donors (Lipinski definition) is 3. The van der Waals surface area contributed by atoms with E-state index in [1.54, 1.807) is 0 Å². The van der Waals surface area contributed by atoms with E-state index in [9.17, 15) is 9.90 Å². The third kappa shape index (κ3) is 4.42. The van der Waals surface area contributed by atoms with Crippen LogP contribution in [0.15, 0.2) is 24.3 Å². The van der Waals surface area contributed by atoms with Crippen molar-refractivity contribution in [3.8, 4) is 0 Å². The predicted octanol–water partition coefficient (Wildman–Crippen LogP) is 1.09. The number of nitrogens with one attached hydrogen (secondary N) is 1. The number of aliphatic hydroxyl groups is 1. The van der Waals surface area contributed by atoms with E-state index in [-0.39, 0.29) is 6.42 Å². The molecule has 3 N–H and O–H groups in total. The molecule has 0 aromatic heterocycles. The van der Waals surface area contributed by atoms with E-state index in [2.05, 4.69) is 5.32 Å². The molecule has 1 unspecified atom stereocenters. The number of carboxylic acids is 1. The highest BCUT2D eigenvalue weighted by molar-refractivity contribution is 5.66. The quantitative estimate of drug-likeness (QED) is 0.631. The molecule has 88 valence electrons. The maximum atomic E-state index is 10.2. The number of rotatable bonds is 6. The van der Waals surface area contributed by atoms with Crippen LogP contribution in [0.3, 0.4) is 0 Å². The van der Waals surface area contributed by atoms with E-state index in [1.165, 1.54) is 0 Å². The molecule has 1 aromatic rings. The molecule has 0 heterocycles. The molecular weight excluding hydrogens is 206 g/mol. The molecule has 0 aliphatic rings. The van der Waals surface area contributed by atoms with Gasteiger partial charge in [0.15, 0.2) is 0 Å². The lowest BCUT2D eigenvalue weighted by molar-refractivity contribution is -0.136. The van der Waals surface area contributed by atoms with Crippen LogP contribution in [0.1, 0.15) is 23.7 Å². The van der Waals surface area contributed by atoms with Gasteiger partial charge in [-0.15, -0.1) is 0 Å². The molecular formula is C12H17NO3. The van der Waals surface area contributed by atoms with Gasteiger partial charge >= 0.3 is 5.97 Å². The van der Waals surface area contributed by atoms with Crippen molar-refractivity contribution in [1.82, 2.24) is 5.32 Å². The number of carboxylic acid groups (broad SMARTS) is 1. The summed E-state index contributed by atoms with van der Waals surface area (Å²) in [5, 5.41) is 21.1. The van der Waals surface area contributed by atoms with Gasteiger partial charge in [-0.1, -0.05) is 29.8 Å². The van der Waals surface area contributed by atoms with Crippen molar-refractivity contribution >= 4 is 5.97 Å². The number of benzene rings is 1. The van der Waals surface area contributed by atoms with Crippen molar-refractivity contribution < 1.29 is 15.0 Å². The zero-order chi connectivity index (χ0) is 12.0. The molecule has 0 radical (unpaired) electrons. The van der Waals surface area contributed by atoms with Crippen molar-refractivity contribution in [3.05, 3.63) is 35.4 Å². The number of carbonyl (C=O) groups is 1. The third-order valence-electron chi connectivity index (χ3n) is 2.32. The van der Waals surface area contributed by atoms with Crippen molar-refractivity contribution in [2.45, 2.75) is 19.4 Å². The van der Waals surface area contributed by atoms with Crippen molar-refractivity contribution in [3.63, 3.8) is 0 Å². The average Bonchev–Trinajstić information content (AvgIpc) is 2.25. The lowest BCUT2D eigenvalue weighted by Crippen LogP contribution is -2.24. The Hall–Kier alpha value is -1.39. The van der Waals surface area contributed by atoms with Gasteiger partial charge in [0.05, 0.1) is 12.5 Å². The summed E-state index contributed by atoms with van der Waals surface area (Å²) in [6.45, 7) is 2.73. The fraction of sp³-hybridized carbons (Fsp3) is 0.417. The van der Waals surface area contributed by atoms with E-state index < -0.39 is 12.1 Å². The maximum absolute atomic E-state index is 10.2. The maximum Gasteiger partial charge on any atom is 0.304 e. The molecule has 0 amide bonds. The van der Waals surface area contributed by atoms with E-state index in [1.807, 2.05) is 31.2 Å². The molecule has 0 fully saturated rings. The van der Waals surface area contributed by atoms with E-state index in [0.29, 0.717) is 13.1 Å². The lowest BCUT2D eigenvalue weighted by atomic mass is 10.1. The first kappa shape index (κ1) is 12.7. The monoisotopic (exact) mass is 223 g/mol. The van der Waals surface area contributed by atoms with Crippen LogP contribution in [0.4, 0.5) is 0 Å². The number of hydrogen-bond acceptors (Lipinski definition) is 3. The second-order valence-corrected chi connectivity index (χ2v) is 3.77. The van der Waals surface area contributed by atoms with Gasteiger partial charge in [0.2, 0.25) is 0 Å². The standard InChI is InChI=1S/C12H17NO3/c1-9-2-4-10(5-3-9)11(14)8-13-7-6-12(15)16/h2-5,11,13-14H,6-8H2,1H3,(H,15,16). The Balaban J connectivity index is 2.32. The molecule has 1 aromatic carbocycles. The first-order valence-corrected chi connectivity index (χ1v) is 5.26. The van der Waals surface area contributed by atoms with Crippen LogP contribution in [0, 0.1) is 6.92 Å². The molecule has 0 saturated carbocycles. The highest BCUT2D eigenvalue weighted by atomic mass is 16.4. The summed E-state index contributed by atoms with van der Waals surface area (Å²) in [6, 6.07) is 7.63. The minimum absolute atomic E-state index is 0.0701. The van der Waals surface area contributed by atoms with Gasteiger partial charge < -0.3 is 15.5 Å². The summed E-state index contributed by atoms with van der Waals surface area (Å²) in [4.78, 5) is 10.2. The van der Waals surface area contributed by atoms with Gasteiger partial charge in [-0.05, 0) is 12.5 Å². The fourth-order valence-corrected chi connectivity index (χ4v) is 1.34. The lowest BCUT2D eigenvalue weighted by Gasteiger charge is -2.11. The second kappa shape index (κ2) is 6.25. The normalized spacial score (nSPS) is 12.4. The smallest absolute Gasteiger partial charge is 0.304 e. The summed E-state index contributed by atoms with van der Waals surface area (Å²) in [7, 11) is 0. The zero-order valence-corrected chi connectivity index (χ0v) is 9.31. The van der Waals surface area contributed by atoms with Crippen molar-refractivity contribution in [1.29, 1.82) is 0 Å². The minimum atomic E-state index is -0.836. The fourth-order valence-electron chi connectivity index (χ4n) is 1.34. The van der Waals surface area contributed by atoms with Crippen LogP contribution >= 0.6 is 0 Å². The Bertz CT molecular complexity index is 335. The van der Waals surface area contributed by atoms with Gasteiger partial charge in [-0.2, -0.15) is 0 Å². The number of aliphatic hydroxyl groups excluding tert-OH is 1. The summed E-state index contributed by atoms with van der Waals surface area (Å²) in [6.07, 6.45) is -0.518. The Labute approximate surface area is 94.9 Å². The van der Waals surface area contributed by atoms with Crippen molar-refractivity contribution in [2.75, 3.05) is 13.1 Å². The molecule has 4 heteroatoms. The second-order valence-electron chi connectivity index (χ2n) is 3.77. The number of aryl methyl sites for hydroxylation is 1. The highest BCUT2D eigenvalue weighted by Crippen LogP contribution is 2.12. The SMILES string of the molecule is Cc1ccc(C(O)CNCCC(=O)O)cc1. The summed E-state index contributed by atoms with van der Waals surface area (Å²) in [5.74, 6) is -0.836. The molecule has 1 rings (SSSR count). The molecule has 0 aliphatic carbocycles. The van der Waals surface area contributed by atoms with Crippen LogP contribution in [0.25, 0.3) is 0 Å². The Morgan fingerprint density at radius 1 is 1.38 bits per heavy atom. The third-order valence-corrected chi connectivity index (χ3v) is 2.32. The Morgan fingerprint density at radius 2 is 2.00 bits per heavy atom. The van der Waals surface area contributed by atoms with Gasteiger partial charge in [0.25, 0.3) is 0 Å². The van der Waals surface area contributed by atoms with Crippen LogP contribution in [-0.2, 0) is 4.79 Å². The van der Waals surface area contributed by atoms with E-state index in [0.717, 1.165) is 11.1 Å². The molecule has 16 heavy (non-hydrogen) atoms.